The lowest BCUT2D eigenvalue weighted by molar-refractivity contribution is 0.929. The first-order chi connectivity index (χ1) is 8.33. The molecule has 1 atom stereocenters. The maximum atomic E-state index is 4.41. The molecule has 0 radical (unpaired) electrons. The molecule has 17 heavy (non-hydrogen) atoms. The molecule has 1 aliphatic rings. The Morgan fingerprint density at radius 1 is 1.18 bits per heavy atom. The topological polar surface area (TPSA) is 53.9 Å². The summed E-state index contributed by atoms with van der Waals surface area (Å²) in [5.74, 6) is 0.865. The molecule has 4 heteroatoms. The van der Waals surface area contributed by atoms with Gasteiger partial charge in [-0.25, -0.2) is 4.98 Å². The molecule has 1 N–H and O–H groups in total. The maximum absolute atomic E-state index is 4.41. The van der Waals surface area contributed by atoms with Crippen molar-refractivity contribution in [3.8, 4) is 0 Å². The summed E-state index contributed by atoms with van der Waals surface area (Å²) in [6.45, 7) is 2.11. The van der Waals surface area contributed by atoms with E-state index in [0.29, 0.717) is 0 Å². The molecular formula is C13H14N4. The van der Waals surface area contributed by atoms with Crippen LogP contribution < -0.4 is 0 Å². The smallest absolute Gasteiger partial charge is 0.154 e. The normalized spacial score (nSPS) is 17.9. The van der Waals surface area contributed by atoms with Crippen LogP contribution in [0.4, 0.5) is 0 Å². The van der Waals surface area contributed by atoms with Crippen LogP contribution in [0, 0.1) is 6.92 Å². The molecule has 0 aliphatic carbocycles. The Balaban J connectivity index is 1.53. The van der Waals surface area contributed by atoms with Crippen molar-refractivity contribution >= 4 is 5.71 Å². The van der Waals surface area contributed by atoms with Crippen molar-refractivity contribution in [3.05, 3.63) is 47.5 Å². The van der Waals surface area contributed by atoms with Crippen molar-refractivity contribution in [2.75, 3.05) is 0 Å². The zero-order valence-electron chi connectivity index (χ0n) is 9.72. The Labute approximate surface area is 99.8 Å². The number of rotatable bonds is 4. The number of aromatic amines is 1. The van der Waals surface area contributed by atoms with Crippen molar-refractivity contribution in [1.29, 1.82) is 0 Å². The molecule has 2 heterocycles. The second kappa shape index (κ2) is 4.13. The minimum atomic E-state index is 0.169. The van der Waals surface area contributed by atoms with Gasteiger partial charge in [0.15, 0.2) is 5.82 Å². The lowest BCUT2D eigenvalue weighted by atomic mass is 10.1. The molecule has 0 fully saturated rings. The first kappa shape index (κ1) is 10.2. The van der Waals surface area contributed by atoms with Crippen LogP contribution in [-0.2, 0) is 6.42 Å². The highest BCUT2D eigenvalue weighted by Gasteiger charge is 2.30. The number of aromatic nitrogens is 3. The SMILES string of the molecule is Cc1ccc(CCC2=NC2c2ncn[nH]2)cc1. The molecular weight excluding hydrogens is 212 g/mol. The van der Waals surface area contributed by atoms with E-state index < -0.39 is 0 Å². The van der Waals surface area contributed by atoms with Crippen molar-refractivity contribution in [1.82, 2.24) is 15.2 Å². The second-order valence-corrected chi connectivity index (χ2v) is 4.38. The van der Waals surface area contributed by atoms with Crippen molar-refractivity contribution in [3.63, 3.8) is 0 Å². The molecule has 0 spiro atoms. The molecule has 1 aromatic carbocycles. The summed E-state index contributed by atoms with van der Waals surface area (Å²) >= 11 is 0. The first-order valence-corrected chi connectivity index (χ1v) is 5.80. The second-order valence-electron chi connectivity index (χ2n) is 4.38. The summed E-state index contributed by atoms with van der Waals surface area (Å²) in [6.07, 6.45) is 3.58. The number of H-pyrrole nitrogens is 1. The molecule has 0 amide bonds. The van der Waals surface area contributed by atoms with Gasteiger partial charge in [0.05, 0.1) is 0 Å². The Kier molecular flexibility index (Phi) is 2.48. The summed E-state index contributed by atoms with van der Waals surface area (Å²) in [7, 11) is 0. The highest BCUT2D eigenvalue weighted by Crippen LogP contribution is 2.30. The van der Waals surface area contributed by atoms with Crippen LogP contribution in [0.1, 0.15) is 29.4 Å². The third-order valence-corrected chi connectivity index (χ3v) is 3.03. The molecule has 1 aromatic heterocycles. The van der Waals surface area contributed by atoms with E-state index in [0.717, 1.165) is 18.7 Å². The Bertz CT molecular complexity index is 525. The fourth-order valence-corrected chi connectivity index (χ4v) is 1.92. The van der Waals surface area contributed by atoms with Gasteiger partial charge in [-0.1, -0.05) is 29.8 Å². The molecule has 2 aromatic rings. The van der Waals surface area contributed by atoms with Gasteiger partial charge in [-0.05, 0) is 25.3 Å². The molecule has 0 saturated carbocycles. The number of nitrogens with zero attached hydrogens (tertiary/aromatic N) is 3. The number of aryl methyl sites for hydroxylation is 2. The van der Waals surface area contributed by atoms with Crippen LogP contribution >= 0.6 is 0 Å². The van der Waals surface area contributed by atoms with Gasteiger partial charge in [-0.3, -0.25) is 10.1 Å². The van der Waals surface area contributed by atoms with Gasteiger partial charge in [0, 0.05) is 5.71 Å². The lowest BCUT2D eigenvalue weighted by Crippen LogP contribution is -1.96. The Hall–Kier alpha value is -1.97. The molecule has 3 rings (SSSR count). The highest BCUT2D eigenvalue weighted by molar-refractivity contribution is 6.00. The van der Waals surface area contributed by atoms with Crippen LogP contribution in [0.15, 0.2) is 35.6 Å². The van der Waals surface area contributed by atoms with Crippen LogP contribution in [0.25, 0.3) is 0 Å². The van der Waals surface area contributed by atoms with Gasteiger partial charge in [0.1, 0.15) is 12.4 Å². The fourth-order valence-electron chi connectivity index (χ4n) is 1.92. The van der Waals surface area contributed by atoms with Crippen molar-refractivity contribution in [2.45, 2.75) is 25.8 Å². The molecule has 1 unspecified atom stereocenters. The zero-order valence-corrected chi connectivity index (χ0v) is 9.72. The number of hydrogen-bond donors (Lipinski definition) is 1. The summed E-state index contributed by atoms with van der Waals surface area (Å²) < 4.78 is 0. The Morgan fingerprint density at radius 3 is 2.71 bits per heavy atom. The van der Waals surface area contributed by atoms with Crippen LogP contribution in [0.3, 0.4) is 0 Å². The van der Waals surface area contributed by atoms with E-state index in [2.05, 4.69) is 51.4 Å². The summed E-state index contributed by atoms with van der Waals surface area (Å²) in [6, 6.07) is 8.84. The van der Waals surface area contributed by atoms with Gasteiger partial charge in [0.25, 0.3) is 0 Å². The summed E-state index contributed by atoms with van der Waals surface area (Å²) in [4.78, 5) is 8.53. The maximum Gasteiger partial charge on any atom is 0.154 e. The minimum absolute atomic E-state index is 0.169. The van der Waals surface area contributed by atoms with Gasteiger partial charge in [-0.15, -0.1) is 0 Å². The van der Waals surface area contributed by atoms with Gasteiger partial charge < -0.3 is 0 Å². The number of aliphatic imine (C=N–C) groups is 1. The molecule has 4 nitrogen and oxygen atoms in total. The van der Waals surface area contributed by atoms with E-state index in [4.69, 9.17) is 0 Å². The minimum Gasteiger partial charge on any atom is -0.274 e. The monoisotopic (exact) mass is 226 g/mol. The van der Waals surface area contributed by atoms with Crippen molar-refractivity contribution in [2.24, 2.45) is 4.99 Å². The van der Waals surface area contributed by atoms with E-state index in [1.807, 2.05) is 0 Å². The number of nitrogens with one attached hydrogen (secondary N) is 1. The quantitative estimate of drug-likeness (QED) is 0.869. The van der Waals surface area contributed by atoms with Crippen molar-refractivity contribution < 1.29 is 0 Å². The first-order valence-electron chi connectivity index (χ1n) is 5.80. The molecule has 86 valence electrons. The van der Waals surface area contributed by atoms with E-state index in [1.54, 1.807) is 0 Å². The third-order valence-electron chi connectivity index (χ3n) is 3.03. The predicted molar refractivity (Wildman–Crippen MR) is 66.1 cm³/mol. The molecule has 0 bridgehead atoms. The van der Waals surface area contributed by atoms with E-state index in [9.17, 15) is 0 Å². The van der Waals surface area contributed by atoms with E-state index in [1.165, 1.54) is 23.2 Å². The largest absolute Gasteiger partial charge is 0.274 e. The van der Waals surface area contributed by atoms with Crippen LogP contribution in [0.2, 0.25) is 0 Å². The summed E-state index contributed by atoms with van der Waals surface area (Å²) in [5.41, 5.74) is 3.89. The lowest BCUT2D eigenvalue weighted by Gasteiger charge is -1.99. The average Bonchev–Trinajstić information content (AvgIpc) is 2.91. The summed E-state index contributed by atoms with van der Waals surface area (Å²) in [5, 5.41) is 6.70. The van der Waals surface area contributed by atoms with Gasteiger partial charge >= 0.3 is 0 Å². The molecule has 0 saturated heterocycles. The van der Waals surface area contributed by atoms with Gasteiger partial charge in [0.2, 0.25) is 0 Å². The van der Waals surface area contributed by atoms with Crippen LogP contribution in [0.5, 0.6) is 0 Å². The average molecular weight is 226 g/mol. The standard InChI is InChI=1S/C13H14N4/c1-9-2-4-10(5-3-9)6-7-11-12(16-11)13-14-8-15-17-13/h2-5,8,12H,6-7H2,1H3,(H,14,15,17). The Morgan fingerprint density at radius 2 is 2.00 bits per heavy atom. The van der Waals surface area contributed by atoms with Crippen LogP contribution in [-0.4, -0.2) is 20.9 Å². The fraction of sp³-hybridized carbons (Fsp3) is 0.308. The highest BCUT2D eigenvalue weighted by atomic mass is 15.2. The van der Waals surface area contributed by atoms with E-state index in [-0.39, 0.29) is 6.04 Å². The zero-order chi connectivity index (χ0) is 11.7. The molecule has 1 aliphatic heterocycles. The third kappa shape index (κ3) is 2.25. The van der Waals surface area contributed by atoms with Gasteiger partial charge in [-0.2, -0.15) is 5.10 Å². The number of hydrogen-bond acceptors (Lipinski definition) is 3. The predicted octanol–water partition coefficient (Wildman–Crippen LogP) is 2.24. The van der Waals surface area contributed by atoms with E-state index >= 15 is 0 Å². The number of benzene rings is 1.